The standard InChI is InChI=1S/C3H6N4.C3H8.C3H6.2C2H6/c1-3-6-5-2-7(3)4;2*1-3-2;2*1-2/h2H,4H2,1H3;3H2,1-2H3;3H,1H2,2H3;2*1-2H3. The number of nitrogens with zero attached hydrogens (tertiary/aromatic N) is 3. The molecule has 0 saturated carbocycles. The van der Waals surface area contributed by atoms with Crippen LogP contribution in [0.2, 0.25) is 0 Å². The molecule has 0 atom stereocenters. The van der Waals surface area contributed by atoms with E-state index < -0.39 is 0 Å². The maximum absolute atomic E-state index is 5.23. The van der Waals surface area contributed by atoms with Gasteiger partial charge in [-0.25, -0.2) is 4.68 Å². The zero-order valence-corrected chi connectivity index (χ0v) is 13.0. The molecule has 1 heterocycles. The second-order valence-electron chi connectivity index (χ2n) is 2.40. The molecule has 0 saturated heterocycles. The van der Waals surface area contributed by atoms with Gasteiger partial charge in [-0.15, -0.1) is 16.8 Å². The van der Waals surface area contributed by atoms with Crippen molar-refractivity contribution in [2.75, 3.05) is 5.84 Å². The number of nitrogen functional groups attached to an aromatic ring is 1. The fourth-order valence-corrected chi connectivity index (χ4v) is 0.300. The molecule has 1 aromatic heterocycles. The number of rotatable bonds is 0. The third kappa shape index (κ3) is 31.3. The lowest BCUT2D eigenvalue weighted by atomic mass is 10.6. The summed E-state index contributed by atoms with van der Waals surface area (Å²) < 4.78 is 1.36. The van der Waals surface area contributed by atoms with Crippen LogP contribution in [0.3, 0.4) is 0 Å². The monoisotopic (exact) mass is 244 g/mol. The molecule has 0 amide bonds. The zero-order valence-electron chi connectivity index (χ0n) is 13.0. The number of allylic oxidation sites excluding steroid dienone is 1. The van der Waals surface area contributed by atoms with Crippen molar-refractivity contribution in [2.24, 2.45) is 0 Å². The van der Waals surface area contributed by atoms with Crippen LogP contribution in [0.1, 0.15) is 60.7 Å². The van der Waals surface area contributed by atoms with Crippen molar-refractivity contribution in [1.29, 1.82) is 0 Å². The van der Waals surface area contributed by atoms with Gasteiger partial charge in [-0.2, -0.15) is 0 Å². The molecule has 4 nitrogen and oxygen atoms in total. The maximum atomic E-state index is 5.23. The second kappa shape index (κ2) is 29.3. The Bertz CT molecular complexity index is 190. The summed E-state index contributed by atoms with van der Waals surface area (Å²) in [5.41, 5.74) is 0. The Morgan fingerprint density at radius 3 is 1.65 bits per heavy atom. The Balaban J connectivity index is -0.0000000727. The van der Waals surface area contributed by atoms with E-state index in [-0.39, 0.29) is 0 Å². The fourth-order valence-electron chi connectivity index (χ4n) is 0.300. The Hall–Kier alpha value is -1.32. The molecule has 0 aliphatic carbocycles. The van der Waals surface area contributed by atoms with E-state index in [0.29, 0.717) is 0 Å². The van der Waals surface area contributed by atoms with Crippen molar-refractivity contribution >= 4 is 0 Å². The molecule has 1 aromatic rings. The highest BCUT2D eigenvalue weighted by Crippen LogP contribution is 1.79. The van der Waals surface area contributed by atoms with Crippen LogP contribution in [0.4, 0.5) is 0 Å². The summed E-state index contributed by atoms with van der Waals surface area (Å²) in [6, 6.07) is 0. The summed E-state index contributed by atoms with van der Waals surface area (Å²) >= 11 is 0. The summed E-state index contributed by atoms with van der Waals surface area (Å²) in [6.45, 7) is 19.3. The average Bonchev–Trinajstić information content (AvgIpc) is 2.71. The van der Waals surface area contributed by atoms with Gasteiger partial charge >= 0.3 is 0 Å². The van der Waals surface area contributed by atoms with E-state index >= 15 is 0 Å². The first-order valence-electron chi connectivity index (χ1n) is 6.32. The van der Waals surface area contributed by atoms with E-state index in [2.05, 4.69) is 30.6 Å². The molecule has 0 spiro atoms. The van der Waals surface area contributed by atoms with Gasteiger partial charge in [0, 0.05) is 0 Å². The number of hydrogen-bond acceptors (Lipinski definition) is 3. The average molecular weight is 244 g/mol. The topological polar surface area (TPSA) is 56.7 Å². The lowest BCUT2D eigenvalue weighted by Gasteiger charge is -1.85. The summed E-state index contributed by atoms with van der Waals surface area (Å²) in [4.78, 5) is 0. The Kier molecular flexibility index (Phi) is 42.7. The highest BCUT2D eigenvalue weighted by atomic mass is 15.4. The largest absolute Gasteiger partial charge is 0.336 e. The Morgan fingerprint density at radius 2 is 1.59 bits per heavy atom. The van der Waals surface area contributed by atoms with E-state index in [1.807, 2.05) is 34.6 Å². The molecule has 2 N–H and O–H groups in total. The number of hydrogen-bond donors (Lipinski definition) is 1. The second-order valence-corrected chi connectivity index (χ2v) is 2.40. The van der Waals surface area contributed by atoms with Gasteiger partial charge in [0.2, 0.25) is 0 Å². The molecule has 1 rings (SSSR count). The van der Waals surface area contributed by atoms with Crippen molar-refractivity contribution in [2.45, 2.75) is 61.8 Å². The van der Waals surface area contributed by atoms with Crippen molar-refractivity contribution in [1.82, 2.24) is 14.9 Å². The van der Waals surface area contributed by atoms with Crippen LogP contribution in [0.25, 0.3) is 0 Å². The molecule has 0 aliphatic heterocycles. The number of aromatic nitrogens is 3. The Labute approximate surface area is 108 Å². The summed E-state index contributed by atoms with van der Waals surface area (Å²) in [7, 11) is 0. The Morgan fingerprint density at radius 1 is 1.29 bits per heavy atom. The maximum Gasteiger partial charge on any atom is 0.148 e. The van der Waals surface area contributed by atoms with Crippen molar-refractivity contribution in [3.63, 3.8) is 0 Å². The molecule has 0 unspecified atom stereocenters. The van der Waals surface area contributed by atoms with Crippen LogP contribution < -0.4 is 5.84 Å². The highest BCUT2D eigenvalue weighted by Gasteiger charge is 1.86. The molecule has 0 aliphatic rings. The zero-order chi connectivity index (χ0) is 14.7. The van der Waals surface area contributed by atoms with Gasteiger partial charge in [-0.05, 0) is 13.8 Å². The normalized spacial score (nSPS) is 6.35. The van der Waals surface area contributed by atoms with Crippen LogP contribution in [-0.4, -0.2) is 14.9 Å². The first-order chi connectivity index (χ1) is 8.13. The van der Waals surface area contributed by atoms with E-state index in [9.17, 15) is 0 Å². The molecule has 0 radical (unpaired) electrons. The van der Waals surface area contributed by atoms with Gasteiger partial charge in [-0.1, -0.05) is 54.0 Å². The van der Waals surface area contributed by atoms with Crippen LogP contribution in [0.5, 0.6) is 0 Å². The minimum absolute atomic E-state index is 0.722. The molecule has 104 valence electrons. The van der Waals surface area contributed by atoms with Crippen molar-refractivity contribution in [3.8, 4) is 0 Å². The quantitative estimate of drug-likeness (QED) is 0.555. The SMILES string of the molecule is C=CC.CC.CC.CCC.Cc1nncn1N. The molecule has 17 heavy (non-hydrogen) atoms. The van der Waals surface area contributed by atoms with E-state index in [0.717, 1.165) is 5.82 Å². The van der Waals surface area contributed by atoms with Gasteiger partial charge in [0.05, 0.1) is 0 Å². The fraction of sp³-hybridized carbons (Fsp3) is 0.692. The minimum atomic E-state index is 0.722. The summed E-state index contributed by atoms with van der Waals surface area (Å²) in [5.74, 6) is 5.95. The minimum Gasteiger partial charge on any atom is -0.336 e. The molecular formula is C13H32N4. The van der Waals surface area contributed by atoms with Crippen LogP contribution in [0.15, 0.2) is 19.0 Å². The molecule has 4 heteroatoms. The molecular weight excluding hydrogens is 212 g/mol. The lowest BCUT2D eigenvalue weighted by molar-refractivity contribution is 0.927. The number of nitrogens with two attached hydrogens (primary N) is 1. The van der Waals surface area contributed by atoms with Gasteiger partial charge in [0.1, 0.15) is 12.2 Å². The highest BCUT2D eigenvalue weighted by molar-refractivity contribution is 4.77. The van der Waals surface area contributed by atoms with Crippen molar-refractivity contribution in [3.05, 3.63) is 24.8 Å². The molecule has 0 aromatic carbocycles. The number of aryl methyl sites for hydroxylation is 1. The smallest absolute Gasteiger partial charge is 0.148 e. The van der Waals surface area contributed by atoms with Gasteiger partial charge in [0.25, 0.3) is 0 Å². The lowest BCUT2D eigenvalue weighted by Crippen LogP contribution is -2.07. The third-order valence-corrected chi connectivity index (χ3v) is 0.752. The van der Waals surface area contributed by atoms with Gasteiger partial charge < -0.3 is 5.84 Å². The van der Waals surface area contributed by atoms with Crippen molar-refractivity contribution < 1.29 is 0 Å². The van der Waals surface area contributed by atoms with E-state index in [1.165, 1.54) is 17.4 Å². The van der Waals surface area contributed by atoms with E-state index in [4.69, 9.17) is 5.84 Å². The predicted molar refractivity (Wildman–Crippen MR) is 79.4 cm³/mol. The predicted octanol–water partition coefficient (Wildman–Crippen LogP) is 3.96. The van der Waals surface area contributed by atoms with Crippen LogP contribution in [0, 0.1) is 6.92 Å². The molecule has 0 bridgehead atoms. The van der Waals surface area contributed by atoms with E-state index in [1.54, 1.807) is 13.0 Å². The van der Waals surface area contributed by atoms with Crippen LogP contribution in [-0.2, 0) is 0 Å². The molecule has 0 fully saturated rings. The summed E-state index contributed by atoms with van der Waals surface area (Å²) in [5, 5.41) is 7.11. The van der Waals surface area contributed by atoms with Crippen LogP contribution >= 0.6 is 0 Å². The van der Waals surface area contributed by atoms with Gasteiger partial charge in [-0.3, -0.25) is 0 Å². The first kappa shape index (κ1) is 24.8. The third-order valence-electron chi connectivity index (χ3n) is 0.752. The first-order valence-corrected chi connectivity index (χ1v) is 6.32. The van der Waals surface area contributed by atoms with Gasteiger partial charge in [0.15, 0.2) is 0 Å². The summed E-state index contributed by atoms with van der Waals surface area (Å²) in [6.07, 6.45) is 4.45.